The fourth-order valence-corrected chi connectivity index (χ4v) is 2.87. The summed E-state index contributed by atoms with van der Waals surface area (Å²) in [4.78, 5) is 12.7. The average molecular weight is 325 g/mol. The number of nitrogens with one attached hydrogen (secondary N) is 1. The van der Waals surface area contributed by atoms with E-state index in [2.05, 4.69) is 31.3 Å². The van der Waals surface area contributed by atoms with Crippen LogP contribution in [-0.4, -0.2) is 23.7 Å². The molecule has 0 unspecified atom stereocenters. The van der Waals surface area contributed by atoms with Crippen LogP contribution >= 0.6 is 0 Å². The van der Waals surface area contributed by atoms with E-state index < -0.39 is 0 Å². The first kappa shape index (κ1) is 18.2. The van der Waals surface area contributed by atoms with Gasteiger partial charge in [-0.15, -0.1) is 0 Å². The van der Waals surface area contributed by atoms with Gasteiger partial charge in [-0.25, -0.2) is 0 Å². The predicted molar refractivity (Wildman–Crippen MR) is 97.6 cm³/mol. The van der Waals surface area contributed by atoms with Crippen molar-refractivity contribution in [2.75, 3.05) is 6.61 Å². The molecule has 0 heterocycles. The molecule has 2 aromatic carbocycles. The molecule has 24 heavy (non-hydrogen) atoms. The average Bonchev–Trinajstić information content (AvgIpc) is 2.60. The van der Waals surface area contributed by atoms with E-state index in [0.29, 0.717) is 12.8 Å². The SMILES string of the molecule is CC(C)[C@H](Cc1ccccc1)C(=O)N[C@H](CO)Cc1ccccc1. The van der Waals surface area contributed by atoms with Gasteiger partial charge in [0, 0.05) is 5.92 Å². The summed E-state index contributed by atoms with van der Waals surface area (Å²) < 4.78 is 0. The Hall–Kier alpha value is -2.13. The van der Waals surface area contributed by atoms with Gasteiger partial charge >= 0.3 is 0 Å². The predicted octanol–water partition coefficient (Wildman–Crippen LogP) is 3.22. The molecule has 3 heteroatoms. The van der Waals surface area contributed by atoms with Crippen LogP contribution in [0.1, 0.15) is 25.0 Å². The Morgan fingerprint density at radius 1 is 0.917 bits per heavy atom. The maximum atomic E-state index is 12.7. The maximum Gasteiger partial charge on any atom is 0.224 e. The van der Waals surface area contributed by atoms with Crippen LogP contribution < -0.4 is 5.32 Å². The molecule has 1 amide bonds. The smallest absolute Gasteiger partial charge is 0.224 e. The number of hydrogen-bond donors (Lipinski definition) is 2. The van der Waals surface area contributed by atoms with Crippen LogP contribution in [0, 0.1) is 11.8 Å². The van der Waals surface area contributed by atoms with Crippen LogP contribution in [0.15, 0.2) is 60.7 Å². The standard InChI is InChI=1S/C21H27NO2/c1-16(2)20(14-18-11-7-4-8-12-18)21(24)22-19(15-23)13-17-9-5-3-6-10-17/h3-12,16,19-20,23H,13-15H2,1-2H3,(H,22,24)/t19-,20-/m0/s1. The van der Waals surface area contributed by atoms with Crippen molar-refractivity contribution in [3.05, 3.63) is 71.8 Å². The molecule has 0 bridgehead atoms. The van der Waals surface area contributed by atoms with Gasteiger partial charge in [0.25, 0.3) is 0 Å². The van der Waals surface area contributed by atoms with E-state index in [1.165, 1.54) is 0 Å². The first-order valence-electron chi connectivity index (χ1n) is 8.59. The zero-order valence-corrected chi connectivity index (χ0v) is 14.5. The molecular weight excluding hydrogens is 298 g/mol. The van der Waals surface area contributed by atoms with Gasteiger partial charge in [-0.1, -0.05) is 74.5 Å². The first-order chi connectivity index (χ1) is 11.6. The summed E-state index contributed by atoms with van der Waals surface area (Å²) in [6, 6.07) is 19.8. The zero-order chi connectivity index (χ0) is 17.4. The Labute approximate surface area is 144 Å². The third-order valence-corrected chi connectivity index (χ3v) is 4.33. The van der Waals surface area contributed by atoms with E-state index in [1.54, 1.807) is 0 Å². The first-order valence-corrected chi connectivity index (χ1v) is 8.59. The summed E-state index contributed by atoms with van der Waals surface area (Å²) in [5.41, 5.74) is 2.27. The molecule has 0 spiro atoms. The molecular formula is C21H27NO2. The van der Waals surface area contributed by atoms with Crippen molar-refractivity contribution in [2.45, 2.75) is 32.7 Å². The van der Waals surface area contributed by atoms with E-state index in [9.17, 15) is 9.90 Å². The number of hydrogen-bond acceptors (Lipinski definition) is 2. The summed E-state index contributed by atoms with van der Waals surface area (Å²) >= 11 is 0. The topological polar surface area (TPSA) is 49.3 Å². The van der Waals surface area contributed by atoms with Crippen molar-refractivity contribution in [2.24, 2.45) is 11.8 Å². The molecule has 0 aliphatic rings. The minimum Gasteiger partial charge on any atom is -0.394 e. The number of carbonyl (C=O) groups excluding carboxylic acids is 1. The van der Waals surface area contributed by atoms with Crippen molar-refractivity contribution in [3.8, 4) is 0 Å². The molecule has 0 saturated heterocycles. The van der Waals surface area contributed by atoms with Gasteiger partial charge in [-0.3, -0.25) is 4.79 Å². The van der Waals surface area contributed by atoms with Gasteiger partial charge in [-0.05, 0) is 29.9 Å². The third kappa shape index (κ3) is 5.50. The molecule has 128 valence electrons. The Morgan fingerprint density at radius 2 is 1.42 bits per heavy atom. The Morgan fingerprint density at radius 3 is 1.88 bits per heavy atom. The van der Waals surface area contributed by atoms with Gasteiger partial charge in [0.2, 0.25) is 5.91 Å². The molecule has 0 saturated carbocycles. The summed E-state index contributed by atoms with van der Waals surface area (Å²) in [7, 11) is 0. The van der Waals surface area contributed by atoms with Gasteiger partial charge in [-0.2, -0.15) is 0 Å². The van der Waals surface area contributed by atoms with Crippen LogP contribution in [0.5, 0.6) is 0 Å². The molecule has 0 aromatic heterocycles. The molecule has 2 N–H and O–H groups in total. The number of aliphatic hydroxyl groups excluding tert-OH is 1. The number of rotatable bonds is 8. The summed E-state index contributed by atoms with van der Waals surface area (Å²) in [5.74, 6) is 0.155. The van der Waals surface area contributed by atoms with Crippen LogP contribution in [0.2, 0.25) is 0 Å². The molecule has 0 aliphatic carbocycles. The van der Waals surface area contributed by atoms with Gasteiger partial charge < -0.3 is 10.4 Å². The van der Waals surface area contributed by atoms with Crippen molar-refractivity contribution >= 4 is 5.91 Å². The van der Waals surface area contributed by atoms with E-state index in [-0.39, 0.29) is 30.4 Å². The second-order valence-corrected chi connectivity index (χ2v) is 6.62. The van der Waals surface area contributed by atoms with Crippen LogP contribution in [0.4, 0.5) is 0 Å². The molecule has 3 nitrogen and oxygen atoms in total. The molecule has 2 aromatic rings. The molecule has 2 atom stereocenters. The monoisotopic (exact) mass is 325 g/mol. The largest absolute Gasteiger partial charge is 0.394 e. The second kappa shape index (κ2) is 9.24. The molecule has 0 radical (unpaired) electrons. The highest BCUT2D eigenvalue weighted by atomic mass is 16.3. The minimum atomic E-state index is -0.253. The highest BCUT2D eigenvalue weighted by molar-refractivity contribution is 5.79. The van der Waals surface area contributed by atoms with Crippen LogP contribution in [-0.2, 0) is 17.6 Å². The van der Waals surface area contributed by atoms with Gasteiger partial charge in [0.05, 0.1) is 12.6 Å². The zero-order valence-electron chi connectivity index (χ0n) is 14.5. The van der Waals surface area contributed by atoms with Crippen molar-refractivity contribution in [1.82, 2.24) is 5.32 Å². The Kier molecular flexibility index (Phi) is 7.01. The highest BCUT2D eigenvalue weighted by Crippen LogP contribution is 2.18. The fourth-order valence-electron chi connectivity index (χ4n) is 2.87. The van der Waals surface area contributed by atoms with E-state index in [1.807, 2.05) is 48.5 Å². The van der Waals surface area contributed by atoms with Crippen molar-refractivity contribution < 1.29 is 9.90 Å². The third-order valence-electron chi connectivity index (χ3n) is 4.33. The lowest BCUT2D eigenvalue weighted by molar-refractivity contribution is -0.127. The second-order valence-electron chi connectivity index (χ2n) is 6.62. The fraction of sp³-hybridized carbons (Fsp3) is 0.381. The van der Waals surface area contributed by atoms with Gasteiger partial charge in [0.1, 0.15) is 0 Å². The molecule has 0 aliphatic heterocycles. The van der Waals surface area contributed by atoms with Gasteiger partial charge in [0.15, 0.2) is 0 Å². The van der Waals surface area contributed by atoms with Crippen molar-refractivity contribution in [3.63, 3.8) is 0 Å². The normalized spacial score (nSPS) is 13.5. The highest BCUT2D eigenvalue weighted by Gasteiger charge is 2.24. The lowest BCUT2D eigenvalue weighted by Crippen LogP contribution is -2.44. The number of aliphatic hydroxyl groups is 1. The number of benzene rings is 2. The number of carbonyl (C=O) groups is 1. The number of amides is 1. The Balaban J connectivity index is 2.00. The Bertz CT molecular complexity index is 610. The lowest BCUT2D eigenvalue weighted by atomic mass is 9.88. The van der Waals surface area contributed by atoms with E-state index >= 15 is 0 Å². The maximum absolute atomic E-state index is 12.7. The van der Waals surface area contributed by atoms with E-state index in [0.717, 1.165) is 11.1 Å². The van der Waals surface area contributed by atoms with Crippen LogP contribution in [0.3, 0.4) is 0 Å². The summed E-state index contributed by atoms with van der Waals surface area (Å²) in [6.45, 7) is 4.08. The van der Waals surface area contributed by atoms with Crippen LogP contribution in [0.25, 0.3) is 0 Å². The minimum absolute atomic E-state index is 0.0174. The lowest BCUT2D eigenvalue weighted by Gasteiger charge is -2.24. The summed E-state index contributed by atoms with van der Waals surface area (Å²) in [6.07, 6.45) is 1.35. The summed E-state index contributed by atoms with van der Waals surface area (Å²) in [5, 5.41) is 12.7. The molecule has 0 fully saturated rings. The molecule has 2 rings (SSSR count). The quantitative estimate of drug-likeness (QED) is 0.783. The van der Waals surface area contributed by atoms with Crippen molar-refractivity contribution in [1.29, 1.82) is 0 Å². The van der Waals surface area contributed by atoms with E-state index in [4.69, 9.17) is 0 Å².